The van der Waals surface area contributed by atoms with Gasteiger partial charge in [0, 0.05) is 36.5 Å². The summed E-state index contributed by atoms with van der Waals surface area (Å²) in [5.41, 5.74) is 2.94. The summed E-state index contributed by atoms with van der Waals surface area (Å²) in [7, 11) is 0. The fraction of sp³-hybridized carbons (Fsp3) is 0.421. The first-order chi connectivity index (χ1) is 11.3. The second kappa shape index (κ2) is 6.30. The van der Waals surface area contributed by atoms with Gasteiger partial charge >= 0.3 is 0 Å². The number of hydrogen-bond acceptors (Lipinski definition) is 4. The van der Waals surface area contributed by atoms with Gasteiger partial charge in [0.05, 0.1) is 5.69 Å². The van der Waals surface area contributed by atoms with Crippen LogP contribution in [0.25, 0.3) is 11.3 Å². The Balaban J connectivity index is 1.48. The zero-order valence-electron chi connectivity index (χ0n) is 13.3. The normalized spacial score (nSPS) is 26.3. The first-order valence-electron chi connectivity index (χ1n) is 8.48. The minimum Gasteiger partial charge on any atom is -0.508 e. The van der Waals surface area contributed by atoms with E-state index in [1.807, 2.05) is 30.3 Å². The molecule has 23 heavy (non-hydrogen) atoms. The molecule has 2 N–H and O–H groups in total. The Morgan fingerprint density at radius 3 is 2.74 bits per heavy atom. The van der Waals surface area contributed by atoms with E-state index in [0.717, 1.165) is 29.3 Å². The van der Waals surface area contributed by atoms with Crippen molar-refractivity contribution in [3.8, 4) is 17.0 Å². The lowest BCUT2D eigenvalue weighted by molar-refractivity contribution is 0.0719. The quantitative estimate of drug-likeness (QED) is 0.911. The number of hydrogen-bond donors (Lipinski definition) is 2. The number of benzene rings is 1. The van der Waals surface area contributed by atoms with Gasteiger partial charge in [0.2, 0.25) is 0 Å². The predicted octanol–water partition coefficient (Wildman–Crippen LogP) is 2.64. The van der Waals surface area contributed by atoms with E-state index < -0.39 is 0 Å². The molecule has 1 atom stereocenters. The molecule has 3 fully saturated rings. The van der Waals surface area contributed by atoms with Crippen LogP contribution in [0, 0.1) is 5.92 Å². The third-order valence-electron chi connectivity index (χ3n) is 5.25. The lowest BCUT2D eigenvalue weighted by atomic mass is 9.84. The average molecular weight is 309 g/mol. The van der Waals surface area contributed by atoms with Crippen molar-refractivity contribution in [3.63, 3.8) is 0 Å². The highest BCUT2D eigenvalue weighted by Gasteiger charge is 2.33. The average Bonchev–Trinajstić information content (AvgIpc) is 2.63. The van der Waals surface area contributed by atoms with Crippen LogP contribution in [0.5, 0.6) is 5.75 Å². The molecule has 3 aliphatic heterocycles. The maximum Gasteiger partial charge on any atom is 0.120 e. The van der Waals surface area contributed by atoms with Gasteiger partial charge in [-0.2, -0.15) is 0 Å². The molecule has 3 saturated heterocycles. The number of nitrogens with one attached hydrogen (secondary N) is 1. The Hall–Kier alpha value is -1.91. The molecular formula is C19H23N3O. The van der Waals surface area contributed by atoms with Crippen LogP contribution in [-0.2, 0) is 6.54 Å². The smallest absolute Gasteiger partial charge is 0.120 e. The van der Waals surface area contributed by atoms with Gasteiger partial charge in [-0.1, -0.05) is 6.07 Å². The Morgan fingerprint density at radius 2 is 2.04 bits per heavy atom. The van der Waals surface area contributed by atoms with Gasteiger partial charge in [0.25, 0.3) is 0 Å². The highest BCUT2D eigenvalue weighted by Crippen LogP contribution is 2.29. The Morgan fingerprint density at radius 1 is 1.17 bits per heavy atom. The monoisotopic (exact) mass is 309 g/mol. The summed E-state index contributed by atoms with van der Waals surface area (Å²) in [5, 5.41) is 13.8. The van der Waals surface area contributed by atoms with Crippen molar-refractivity contribution in [2.75, 3.05) is 19.6 Å². The van der Waals surface area contributed by atoms with Crippen molar-refractivity contribution in [2.45, 2.75) is 25.4 Å². The molecule has 0 saturated carbocycles. The van der Waals surface area contributed by atoms with Crippen LogP contribution in [0.4, 0.5) is 0 Å². The molecule has 0 radical (unpaired) electrons. The molecule has 2 aromatic rings. The zero-order chi connectivity index (χ0) is 15.6. The lowest BCUT2D eigenvalue weighted by Crippen LogP contribution is -2.55. The van der Waals surface area contributed by atoms with E-state index in [9.17, 15) is 5.11 Å². The van der Waals surface area contributed by atoms with Crippen molar-refractivity contribution in [3.05, 3.63) is 48.2 Å². The molecule has 1 aromatic carbocycles. The topological polar surface area (TPSA) is 48.4 Å². The highest BCUT2D eigenvalue weighted by atomic mass is 16.3. The standard InChI is InChI=1S/C19H23N3O/c23-19-5-4-15(17-3-1-2-8-20-17)11-16(19)12-21-18-13-22-9-6-14(18)7-10-22/h1-5,8,11,14,18,21,23H,6-7,9-10,12-13H2/t18-/m0/s1. The number of nitrogens with zero attached hydrogens (tertiary/aromatic N) is 2. The van der Waals surface area contributed by atoms with Gasteiger partial charge in [-0.3, -0.25) is 4.98 Å². The number of pyridine rings is 1. The first-order valence-corrected chi connectivity index (χ1v) is 8.48. The molecule has 0 unspecified atom stereocenters. The summed E-state index contributed by atoms with van der Waals surface area (Å²) in [6.45, 7) is 4.36. The molecule has 4 nitrogen and oxygen atoms in total. The van der Waals surface area contributed by atoms with E-state index in [-0.39, 0.29) is 0 Å². The van der Waals surface area contributed by atoms with Crippen molar-refractivity contribution in [2.24, 2.45) is 5.92 Å². The van der Waals surface area contributed by atoms with Crippen LogP contribution >= 0.6 is 0 Å². The number of aromatic hydroxyl groups is 1. The third-order valence-corrected chi connectivity index (χ3v) is 5.25. The second-order valence-electron chi connectivity index (χ2n) is 6.68. The minimum atomic E-state index is 0.360. The van der Waals surface area contributed by atoms with Gasteiger partial charge in [-0.15, -0.1) is 0 Å². The van der Waals surface area contributed by atoms with Crippen molar-refractivity contribution in [1.82, 2.24) is 15.2 Å². The largest absolute Gasteiger partial charge is 0.508 e. The van der Waals surface area contributed by atoms with Crippen LogP contribution in [0.15, 0.2) is 42.6 Å². The fourth-order valence-electron chi connectivity index (χ4n) is 3.86. The molecule has 4 heterocycles. The summed E-state index contributed by atoms with van der Waals surface area (Å²) in [6, 6.07) is 12.2. The second-order valence-corrected chi connectivity index (χ2v) is 6.68. The Kier molecular flexibility index (Phi) is 4.02. The van der Waals surface area contributed by atoms with E-state index >= 15 is 0 Å². The maximum absolute atomic E-state index is 10.2. The van der Waals surface area contributed by atoms with Crippen LogP contribution in [-0.4, -0.2) is 40.7 Å². The van der Waals surface area contributed by atoms with Crippen molar-refractivity contribution >= 4 is 0 Å². The lowest BCUT2D eigenvalue weighted by Gasteiger charge is -2.45. The number of phenols is 1. The predicted molar refractivity (Wildman–Crippen MR) is 91.1 cm³/mol. The van der Waals surface area contributed by atoms with Gasteiger partial charge in [-0.05, 0) is 62.2 Å². The number of piperidine rings is 3. The summed E-state index contributed by atoms with van der Waals surface area (Å²) in [6.07, 6.45) is 4.41. The Labute approximate surface area is 137 Å². The van der Waals surface area contributed by atoms with E-state index in [1.165, 1.54) is 25.9 Å². The molecule has 3 aliphatic rings. The van der Waals surface area contributed by atoms with Gasteiger partial charge in [0.1, 0.15) is 5.75 Å². The number of phenolic OH excluding ortho intramolecular Hbond substituents is 1. The molecule has 0 spiro atoms. The molecule has 120 valence electrons. The molecule has 0 aliphatic carbocycles. The van der Waals surface area contributed by atoms with Gasteiger partial charge < -0.3 is 15.3 Å². The highest BCUT2D eigenvalue weighted by molar-refractivity contribution is 5.61. The summed E-state index contributed by atoms with van der Waals surface area (Å²) >= 11 is 0. The molecule has 2 bridgehead atoms. The summed E-state index contributed by atoms with van der Waals surface area (Å²) in [4.78, 5) is 6.94. The first kappa shape index (κ1) is 14.7. The molecule has 1 aromatic heterocycles. The van der Waals surface area contributed by atoms with Crippen LogP contribution < -0.4 is 5.32 Å². The zero-order valence-corrected chi connectivity index (χ0v) is 13.3. The molecular weight excluding hydrogens is 286 g/mol. The van der Waals surface area contributed by atoms with Crippen molar-refractivity contribution in [1.29, 1.82) is 0 Å². The molecule has 5 rings (SSSR count). The number of rotatable bonds is 4. The number of aromatic nitrogens is 1. The van der Waals surface area contributed by atoms with Crippen molar-refractivity contribution < 1.29 is 5.11 Å². The van der Waals surface area contributed by atoms with Gasteiger partial charge in [-0.25, -0.2) is 0 Å². The maximum atomic E-state index is 10.2. The van der Waals surface area contributed by atoms with Crippen LogP contribution in [0.3, 0.4) is 0 Å². The van der Waals surface area contributed by atoms with E-state index in [2.05, 4.69) is 15.2 Å². The number of fused-ring (bicyclic) bond motifs is 3. The van der Waals surface area contributed by atoms with E-state index in [1.54, 1.807) is 12.3 Å². The fourth-order valence-corrected chi connectivity index (χ4v) is 3.86. The molecule has 0 amide bonds. The van der Waals surface area contributed by atoms with Crippen LogP contribution in [0.2, 0.25) is 0 Å². The Bertz CT molecular complexity index is 666. The van der Waals surface area contributed by atoms with E-state index in [4.69, 9.17) is 0 Å². The van der Waals surface area contributed by atoms with Crippen LogP contribution in [0.1, 0.15) is 18.4 Å². The van der Waals surface area contributed by atoms with Gasteiger partial charge in [0.15, 0.2) is 0 Å². The SMILES string of the molecule is Oc1ccc(-c2ccccn2)cc1CN[C@H]1CN2CCC1CC2. The molecule has 4 heteroatoms. The third kappa shape index (κ3) is 3.09. The summed E-state index contributed by atoms with van der Waals surface area (Å²) < 4.78 is 0. The van der Waals surface area contributed by atoms with E-state index in [0.29, 0.717) is 18.3 Å². The summed E-state index contributed by atoms with van der Waals surface area (Å²) in [5.74, 6) is 1.15. The minimum absolute atomic E-state index is 0.360.